The van der Waals surface area contributed by atoms with Crippen LogP contribution in [0.2, 0.25) is 0 Å². The average molecular weight is 361 g/mol. The minimum Gasteiger partial charge on any atom is -0.333 e. The molecule has 0 spiro atoms. The Balaban J connectivity index is 1.48. The van der Waals surface area contributed by atoms with Crippen LogP contribution in [0.15, 0.2) is 48.8 Å². The third kappa shape index (κ3) is 3.79. The van der Waals surface area contributed by atoms with E-state index in [9.17, 15) is 10.1 Å². The van der Waals surface area contributed by atoms with Crippen LogP contribution >= 0.6 is 0 Å². The van der Waals surface area contributed by atoms with Gasteiger partial charge in [0.15, 0.2) is 0 Å². The number of aromatic nitrogens is 1. The van der Waals surface area contributed by atoms with Gasteiger partial charge in [-0.15, -0.1) is 0 Å². The van der Waals surface area contributed by atoms with Crippen molar-refractivity contribution in [3.63, 3.8) is 0 Å². The molecule has 2 amide bonds. The van der Waals surface area contributed by atoms with Gasteiger partial charge in [-0.1, -0.05) is 18.2 Å². The number of rotatable bonds is 4. The van der Waals surface area contributed by atoms with Crippen molar-refractivity contribution in [2.24, 2.45) is 5.92 Å². The molecule has 6 heteroatoms. The highest BCUT2D eigenvalue weighted by atomic mass is 16.2. The van der Waals surface area contributed by atoms with E-state index in [0.717, 1.165) is 32.4 Å². The molecule has 1 aromatic carbocycles. The van der Waals surface area contributed by atoms with Gasteiger partial charge in [0, 0.05) is 24.5 Å². The van der Waals surface area contributed by atoms with E-state index in [4.69, 9.17) is 0 Å². The van der Waals surface area contributed by atoms with E-state index in [0.29, 0.717) is 17.2 Å². The lowest BCUT2D eigenvalue weighted by Crippen LogP contribution is -2.64. The molecule has 2 unspecified atom stereocenters. The Morgan fingerprint density at radius 3 is 2.78 bits per heavy atom. The van der Waals surface area contributed by atoms with Gasteiger partial charge < -0.3 is 10.6 Å². The van der Waals surface area contributed by atoms with Crippen molar-refractivity contribution in [3.05, 3.63) is 59.9 Å². The Bertz CT molecular complexity index is 839. The molecule has 27 heavy (non-hydrogen) atoms. The number of urea groups is 1. The molecular formula is C21H23N5O. The van der Waals surface area contributed by atoms with E-state index < -0.39 is 0 Å². The summed E-state index contributed by atoms with van der Waals surface area (Å²) >= 11 is 0. The zero-order chi connectivity index (χ0) is 18.6. The summed E-state index contributed by atoms with van der Waals surface area (Å²) in [6.45, 7) is 2.18. The molecule has 0 saturated carbocycles. The van der Waals surface area contributed by atoms with Crippen molar-refractivity contribution in [1.29, 1.82) is 5.26 Å². The number of nitrogens with one attached hydrogen (secondary N) is 2. The molecule has 1 aromatic heterocycles. The van der Waals surface area contributed by atoms with E-state index in [2.05, 4.69) is 32.7 Å². The molecule has 2 atom stereocenters. The van der Waals surface area contributed by atoms with Crippen molar-refractivity contribution in [2.45, 2.75) is 31.3 Å². The highest BCUT2D eigenvalue weighted by Gasteiger charge is 2.42. The van der Waals surface area contributed by atoms with Gasteiger partial charge in [-0.05, 0) is 62.0 Å². The molecule has 3 aliphatic rings. The average Bonchev–Trinajstić information content (AvgIpc) is 2.71. The van der Waals surface area contributed by atoms with E-state index in [1.54, 1.807) is 24.4 Å². The van der Waals surface area contributed by atoms with Gasteiger partial charge in [0.05, 0.1) is 11.3 Å². The number of pyridine rings is 1. The zero-order valence-electron chi connectivity index (χ0n) is 15.1. The molecule has 2 aromatic rings. The Hall–Kier alpha value is -2.91. The summed E-state index contributed by atoms with van der Waals surface area (Å²) in [5, 5.41) is 15.3. The van der Waals surface area contributed by atoms with Gasteiger partial charge in [-0.2, -0.15) is 5.26 Å². The lowest BCUT2D eigenvalue weighted by atomic mass is 9.77. The SMILES string of the molecule is N#Cc1ccccc1NC(=O)NC1C2CCN(CC2)C1Cc1cccnc1. The fourth-order valence-corrected chi connectivity index (χ4v) is 4.38. The summed E-state index contributed by atoms with van der Waals surface area (Å²) in [4.78, 5) is 19.4. The quantitative estimate of drug-likeness (QED) is 0.877. The predicted octanol–water partition coefficient (Wildman–Crippen LogP) is 2.78. The predicted molar refractivity (Wildman–Crippen MR) is 103 cm³/mol. The fourth-order valence-electron chi connectivity index (χ4n) is 4.38. The van der Waals surface area contributed by atoms with Crippen molar-refractivity contribution in [2.75, 3.05) is 18.4 Å². The van der Waals surface area contributed by atoms with E-state index in [1.165, 1.54) is 5.56 Å². The highest BCUT2D eigenvalue weighted by Crippen LogP contribution is 2.34. The maximum atomic E-state index is 12.7. The third-order valence-electron chi connectivity index (χ3n) is 5.73. The lowest BCUT2D eigenvalue weighted by molar-refractivity contribution is 0.0184. The number of carbonyl (C=O) groups excluding carboxylic acids is 1. The van der Waals surface area contributed by atoms with E-state index >= 15 is 0 Å². The van der Waals surface area contributed by atoms with Crippen molar-refractivity contribution >= 4 is 11.7 Å². The maximum absolute atomic E-state index is 12.7. The Kier molecular flexibility index (Phi) is 5.03. The van der Waals surface area contributed by atoms with Crippen LogP contribution in [0, 0.1) is 17.2 Å². The number of hydrogen-bond acceptors (Lipinski definition) is 4. The number of nitrogens with zero attached hydrogens (tertiary/aromatic N) is 3. The molecule has 3 aliphatic heterocycles. The first-order valence-corrected chi connectivity index (χ1v) is 9.44. The van der Waals surface area contributed by atoms with Crippen LogP contribution in [-0.2, 0) is 6.42 Å². The van der Waals surface area contributed by atoms with Crippen LogP contribution in [0.1, 0.15) is 24.0 Å². The molecule has 2 N–H and O–H groups in total. The van der Waals surface area contributed by atoms with Crippen molar-refractivity contribution in [3.8, 4) is 6.07 Å². The van der Waals surface area contributed by atoms with Crippen molar-refractivity contribution in [1.82, 2.24) is 15.2 Å². The Labute approximate surface area is 159 Å². The molecule has 138 valence electrons. The largest absolute Gasteiger partial charge is 0.333 e. The zero-order valence-corrected chi connectivity index (χ0v) is 15.1. The normalized spacial score (nSPS) is 26.2. The summed E-state index contributed by atoms with van der Waals surface area (Å²) in [7, 11) is 0. The molecule has 0 aliphatic carbocycles. The second kappa shape index (κ2) is 7.77. The summed E-state index contributed by atoms with van der Waals surface area (Å²) in [6.07, 6.45) is 6.80. The molecule has 5 rings (SSSR count). The van der Waals surface area contributed by atoms with Gasteiger partial charge in [-0.25, -0.2) is 4.79 Å². The Morgan fingerprint density at radius 2 is 2.04 bits per heavy atom. The van der Waals surface area contributed by atoms with Gasteiger partial charge in [0.25, 0.3) is 0 Å². The van der Waals surface area contributed by atoms with Crippen LogP contribution in [0.4, 0.5) is 10.5 Å². The molecule has 4 heterocycles. The van der Waals surface area contributed by atoms with Crippen LogP contribution in [-0.4, -0.2) is 41.1 Å². The van der Waals surface area contributed by atoms with Crippen LogP contribution < -0.4 is 10.6 Å². The van der Waals surface area contributed by atoms with Crippen molar-refractivity contribution < 1.29 is 4.79 Å². The summed E-state index contributed by atoms with van der Waals surface area (Å²) < 4.78 is 0. The monoisotopic (exact) mass is 361 g/mol. The number of amides is 2. The van der Waals surface area contributed by atoms with Gasteiger partial charge in [0.1, 0.15) is 6.07 Å². The molecular weight excluding hydrogens is 338 g/mol. The Morgan fingerprint density at radius 1 is 1.22 bits per heavy atom. The standard InChI is InChI=1S/C21H23N5O/c22-13-17-5-1-2-6-18(17)24-21(27)25-20-16-7-10-26(11-8-16)19(20)12-15-4-3-9-23-14-15/h1-6,9,14,16,19-20H,7-8,10-12H2,(H2,24,25,27). The third-order valence-corrected chi connectivity index (χ3v) is 5.73. The van der Waals surface area contributed by atoms with E-state index in [1.807, 2.05) is 18.3 Å². The first-order chi connectivity index (χ1) is 13.2. The number of carbonyl (C=O) groups is 1. The summed E-state index contributed by atoms with van der Waals surface area (Å²) in [5.41, 5.74) is 2.20. The topological polar surface area (TPSA) is 81.0 Å². The molecule has 0 radical (unpaired) electrons. The number of anilines is 1. The minimum atomic E-state index is -0.243. The van der Waals surface area contributed by atoms with Crippen LogP contribution in [0.25, 0.3) is 0 Å². The molecule has 3 fully saturated rings. The lowest BCUT2D eigenvalue weighted by Gasteiger charge is -2.51. The molecule has 3 saturated heterocycles. The van der Waals surface area contributed by atoms with E-state index in [-0.39, 0.29) is 18.1 Å². The minimum absolute atomic E-state index is 0.0990. The van der Waals surface area contributed by atoms with Gasteiger partial charge >= 0.3 is 6.03 Å². The summed E-state index contributed by atoms with van der Waals surface area (Å²) in [6, 6.07) is 13.4. The molecule has 6 nitrogen and oxygen atoms in total. The van der Waals surface area contributed by atoms with Crippen LogP contribution in [0.5, 0.6) is 0 Å². The number of hydrogen-bond donors (Lipinski definition) is 2. The van der Waals surface area contributed by atoms with Crippen LogP contribution in [0.3, 0.4) is 0 Å². The molecule has 2 bridgehead atoms. The number of fused-ring (bicyclic) bond motifs is 3. The number of benzene rings is 1. The first kappa shape index (κ1) is 17.5. The first-order valence-electron chi connectivity index (χ1n) is 9.44. The second-order valence-electron chi connectivity index (χ2n) is 7.29. The number of nitriles is 1. The smallest absolute Gasteiger partial charge is 0.319 e. The fraction of sp³-hybridized carbons (Fsp3) is 0.381. The number of para-hydroxylation sites is 1. The summed E-state index contributed by atoms with van der Waals surface area (Å²) in [5.74, 6) is 0.494. The van der Waals surface area contributed by atoms with Gasteiger partial charge in [0.2, 0.25) is 0 Å². The van der Waals surface area contributed by atoms with Gasteiger partial charge in [-0.3, -0.25) is 9.88 Å². The maximum Gasteiger partial charge on any atom is 0.319 e. The number of piperidine rings is 3. The second-order valence-corrected chi connectivity index (χ2v) is 7.29. The highest BCUT2D eigenvalue weighted by molar-refractivity contribution is 5.91.